The Morgan fingerprint density at radius 3 is 2.27 bits per heavy atom. The average molecular weight is 460 g/mol. The van der Waals surface area contributed by atoms with Crippen LogP contribution in [0.25, 0.3) is 10.9 Å². The summed E-state index contributed by atoms with van der Waals surface area (Å²) in [5.41, 5.74) is 3.75. The third kappa shape index (κ3) is 3.54. The molecule has 0 fully saturated rings. The molecule has 0 spiro atoms. The summed E-state index contributed by atoms with van der Waals surface area (Å²) in [4.78, 5) is 18.0. The Morgan fingerprint density at radius 2 is 1.58 bits per heavy atom. The SMILES string of the molecule is Cc1ccc(S(=O)(=O)c2c(C(=O)c3ccc(C)c(C)c3)cnc3cc4c(cc23)OCO4)cc1. The minimum atomic E-state index is -4.06. The van der Waals surface area contributed by atoms with E-state index in [0.717, 1.165) is 16.7 Å². The largest absolute Gasteiger partial charge is 0.454 e. The Balaban J connectivity index is 1.81. The second kappa shape index (κ2) is 7.71. The van der Waals surface area contributed by atoms with Crippen LogP contribution in [0.2, 0.25) is 0 Å². The van der Waals surface area contributed by atoms with Crippen LogP contribution in [-0.4, -0.2) is 26.0 Å². The average Bonchev–Trinajstić information content (AvgIpc) is 3.25. The van der Waals surface area contributed by atoms with Gasteiger partial charge in [0, 0.05) is 23.2 Å². The standard InChI is InChI=1S/C26H21NO5S/c1-15-4-8-19(9-5-15)33(29,30)26-20-11-23-24(32-14-31-23)12-22(20)27-13-21(26)25(28)18-7-6-16(2)17(3)10-18/h4-13H,14H2,1-3H3. The summed E-state index contributed by atoms with van der Waals surface area (Å²) in [5, 5.41) is 0.314. The highest BCUT2D eigenvalue weighted by molar-refractivity contribution is 7.91. The lowest BCUT2D eigenvalue weighted by Crippen LogP contribution is -2.13. The summed E-state index contributed by atoms with van der Waals surface area (Å²) in [6, 6.07) is 15.1. The van der Waals surface area contributed by atoms with Gasteiger partial charge in [-0.15, -0.1) is 0 Å². The first-order valence-corrected chi connectivity index (χ1v) is 11.9. The van der Waals surface area contributed by atoms with E-state index in [-0.39, 0.29) is 22.1 Å². The number of hydrogen-bond acceptors (Lipinski definition) is 6. The maximum atomic E-state index is 13.9. The molecular formula is C26H21NO5S. The number of nitrogens with zero attached hydrogens (tertiary/aromatic N) is 1. The van der Waals surface area contributed by atoms with Crippen molar-refractivity contribution >= 4 is 26.5 Å². The minimum absolute atomic E-state index is 0.0187. The van der Waals surface area contributed by atoms with Crippen LogP contribution in [0.15, 0.2) is 70.6 Å². The van der Waals surface area contributed by atoms with Crippen molar-refractivity contribution in [1.82, 2.24) is 4.98 Å². The first kappa shape index (κ1) is 21.2. The van der Waals surface area contributed by atoms with E-state index in [4.69, 9.17) is 9.47 Å². The van der Waals surface area contributed by atoms with Gasteiger partial charge in [0.25, 0.3) is 0 Å². The zero-order chi connectivity index (χ0) is 23.3. The highest BCUT2D eigenvalue weighted by Crippen LogP contribution is 2.40. The summed E-state index contributed by atoms with van der Waals surface area (Å²) in [6.07, 6.45) is 1.34. The maximum absolute atomic E-state index is 13.9. The highest BCUT2D eigenvalue weighted by atomic mass is 32.2. The molecule has 6 nitrogen and oxygen atoms in total. The van der Waals surface area contributed by atoms with Gasteiger partial charge in [0.15, 0.2) is 17.3 Å². The molecule has 0 saturated heterocycles. The number of carbonyl (C=O) groups is 1. The predicted molar refractivity (Wildman–Crippen MR) is 124 cm³/mol. The molecule has 5 rings (SSSR count). The van der Waals surface area contributed by atoms with Gasteiger partial charge in [0.1, 0.15) is 0 Å². The molecular weight excluding hydrogens is 438 g/mol. The second-order valence-electron chi connectivity index (χ2n) is 8.17. The zero-order valence-corrected chi connectivity index (χ0v) is 19.2. The van der Waals surface area contributed by atoms with Crippen LogP contribution in [-0.2, 0) is 9.84 Å². The van der Waals surface area contributed by atoms with Gasteiger partial charge in [-0.05, 0) is 56.2 Å². The number of benzene rings is 3. The second-order valence-corrected chi connectivity index (χ2v) is 10.1. The van der Waals surface area contributed by atoms with Crippen LogP contribution >= 0.6 is 0 Å². The quantitative estimate of drug-likeness (QED) is 0.402. The van der Waals surface area contributed by atoms with Crippen LogP contribution in [0.1, 0.15) is 32.6 Å². The lowest BCUT2D eigenvalue weighted by molar-refractivity contribution is 0.103. The van der Waals surface area contributed by atoms with Crippen molar-refractivity contribution < 1.29 is 22.7 Å². The van der Waals surface area contributed by atoms with Gasteiger partial charge in [-0.2, -0.15) is 0 Å². The summed E-state index contributed by atoms with van der Waals surface area (Å²) in [6.45, 7) is 5.79. The van der Waals surface area contributed by atoms with Crippen molar-refractivity contribution in [2.24, 2.45) is 0 Å². The lowest BCUT2D eigenvalue weighted by atomic mass is 9.99. The molecule has 4 aromatic rings. The number of aromatic nitrogens is 1. The van der Waals surface area contributed by atoms with Crippen LogP contribution in [0.4, 0.5) is 0 Å². The normalized spacial score (nSPS) is 12.8. The molecule has 0 saturated carbocycles. The van der Waals surface area contributed by atoms with E-state index < -0.39 is 15.6 Å². The van der Waals surface area contributed by atoms with Crippen molar-refractivity contribution in [3.05, 3.63) is 88.6 Å². The molecule has 1 aliphatic rings. The van der Waals surface area contributed by atoms with Crippen molar-refractivity contribution in [3.8, 4) is 11.5 Å². The van der Waals surface area contributed by atoms with Gasteiger partial charge >= 0.3 is 0 Å². The molecule has 33 heavy (non-hydrogen) atoms. The lowest BCUT2D eigenvalue weighted by Gasteiger charge is -2.14. The molecule has 2 heterocycles. The van der Waals surface area contributed by atoms with E-state index in [2.05, 4.69) is 4.98 Å². The summed E-state index contributed by atoms with van der Waals surface area (Å²) in [7, 11) is -4.06. The van der Waals surface area contributed by atoms with Gasteiger partial charge in [0.05, 0.1) is 20.9 Å². The van der Waals surface area contributed by atoms with Gasteiger partial charge in [0.2, 0.25) is 16.6 Å². The zero-order valence-electron chi connectivity index (χ0n) is 18.4. The molecule has 7 heteroatoms. The van der Waals surface area contributed by atoms with Crippen LogP contribution in [0, 0.1) is 20.8 Å². The van der Waals surface area contributed by atoms with Crippen LogP contribution in [0.3, 0.4) is 0 Å². The first-order valence-electron chi connectivity index (χ1n) is 10.4. The smallest absolute Gasteiger partial charge is 0.231 e. The predicted octanol–water partition coefficient (Wildman–Crippen LogP) is 4.95. The van der Waals surface area contributed by atoms with E-state index in [0.29, 0.717) is 28.0 Å². The van der Waals surface area contributed by atoms with Crippen LogP contribution in [0.5, 0.6) is 11.5 Å². The van der Waals surface area contributed by atoms with Crippen molar-refractivity contribution in [2.45, 2.75) is 30.6 Å². The molecule has 1 aromatic heterocycles. The van der Waals surface area contributed by atoms with Gasteiger partial charge in [-0.25, -0.2) is 8.42 Å². The van der Waals surface area contributed by atoms with Crippen molar-refractivity contribution in [3.63, 3.8) is 0 Å². The topological polar surface area (TPSA) is 82.6 Å². The number of pyridine rings is 1. The molecule has 0 N–H and O–H groups in total. The Bertz CT molecular complexity index is 1540. The van der Waals surface area contributed by atoms with E-state index in [1.54, 1.807) is 48.5 Å². The molecule has 0 aliphatic carbocycles. The minimum Gasteiger partial charge on any atom is -0.454 e. The fourth-order valence-corrected chi connectivity index (χ4v) is 5.50. The molecule has 3 aromatic carbocycles. The van der Waals surface area contributed by atoms with Crippen molar-refractivity contribution in [2.75, 3.05) is 6.79 Å². The Kier molecular flexibility index (Phi) is 4.94. The number of ketones is 1. The molecule has 166 valence electrons. The van der Waals surface area contributed by atoms with Gasteiger partial charge < -0.3 is 9.47 Å². The van der Waals surface area contributed by atoms with Crippen molar-refractivity contribution in [1.29, 1.82) is 0 Å². The maximum Gasteiger partial charge on any atom is 0.231 e. The third-order valence-corrected chi connectivity index (χ3v) is 7.80. The number of hydrogen-bond donors (Lipinski definition) is 0. The number of ether oxygens (including phenoxy) is 2. The molecule has 0 bridgehead atoms. The molecule has 0 radical (unpaired) electrons. The first-order chi connectivity index (χ1) is 15.8. The van der Waals surface area contributed by atoms with Crippen LogP contribution < -0.4 is 9.47 Å². The fourth-order valence-electron chi connectivity index (χ4n) is 3.88. The van der Waals surface area contributed by atoms with E-state index >= 15 is 0 Å². The number of carbonyl (C=O) groups excluding carboxylic acids is 1. The summed E-state index contributed by atoms with van der Waals surface area (Å²) < 4.78 is 38.7. The molecule has 0 unspecified atom stereocenters. The number of fused-ring (bicyclic) bond motifs is 2. The Hall–Kier alpha value is -3.71. The molecule has 0 atom stereocenters. The van der Waals surface area contributed by atoms with E-state index in [1.807, 2.05) is 26.8 Å². The molecule has 1 aliphatic heterocycles. The van der Waals surface area contributed by atoms with E-state index in [9.17, 15) is 13.2 Å². The van der Waals surface area contributed by atoms with Gasteiger partial charge in [-0.3, -0.25) is 9.78 Å². The van der Waals surface area contributed by atoms with Gasteiger partial charge in [-0.1, -0.05) is 29.8 Å². The molecule has 0 amide bonds. The highest BCUT2D eigenvalue weighted by Gasteiger charge is 2.30. The summed E-state index contributed by atoms with van der Waals surface area (Å²) >= 11 is 0. The monoisotopic (exact) mass is 459 g/mol. The Labute approximate surface area is 191 Å². The third-order valence-electron chi connectivity index (χ3n) is 5.93. The fraction of sp³-hybridized carbons (Fsp3) is 0.154. The number of aryl methyl sites for hydroxylation is 3. The Morgan fingerprint density at radius 1 is 0.879 bits per heavy atom. The number of rotatable bonds is 4. The van der Waals surface area contributed by atoms with E-state index in [1.165, 1.54) is 6.20 Å². The number of sulfone groups is 1. The summed E-state index contributed by atoms with van der Waals surface area (Å²) in [5.74, 6) is 0.498.